The number of hydrogen-bond donors (Lipinski definition) is 2. The van der Waals surface area contributed by atoms with Crippen LogP contribution in [0.2, 0.25) is 0 Å². The molecule has 0 spiro atoms. The summed E-state index contributed by atoms with van der Waals surface area (Å²) < 4.78 is 5.37. The number of morpholine rings is 1. The molecule has 1 aliphatic heterocycles. The van der Waals surface area contributed by atoms with Crippen LogP contribution in [0.4, 0.5) is 5.69 Å². The van der Waals surface area contributed by atoms with Crippen molar-refractivity contribution in [2.75, 3.05) is 31.6 Å². The Kier molecular flexibility index (Phi) is 5.87. The number of carbonyl (C=O) groups excluding carboxylic acids is 1. The fourth-order valence-corrected chi connectivity index (χ4v) is 3.66. The predicted molar refractivity (Wildman–Crippen MR) is 93.8 cm³/mol. The molecule has 2 aliphatic rings. The number of carbonyl (C=O) groups is 1. The third kappa shape index (κ3) is 5.03. The molecule has 132 valence electrons. The molecule has 0 bridgehead atoms. The number of ether oxygens (including phenoxy) is 1. The highest BCUT2D eigenvalue weighted by Gasteiger charge is 2.31. The quantitative estimate of drug-likeness (QED) is 0.870. The van der Waals surface area contributed by atoms with Crippen molar-refractivity contribution in [3.63, 3.8) is 0 Å². The first-order valence-electron chi connectivity index (χ1n) is 9.04. The third-order valence-electron chi connectivity index (χ3n) is 4.99. The summed E-state index contributed by atoms with van der Waals surface area (Å²) in [7, 11) is 0. The fraction of sp³-hybridized carbons (Fsp3) is 0.632. The highest BCUT2D eigenvalue weighted by Crippen LogP contribution is 2.31. The molecule has 1 heterocycles. The molecule has 0 radical (unpaired) electrons. The summed E-state index contributed by atoms with van der Waals surface area (Å²) in [5, 5.41) is 13.5. The maximum absolute atomic E-state index is 12.3. The zero-order chi connectivity index (χ0) is 16.8. The molecule has 1 aromatic rings. The van der Waals surface area contributed by atoms with Gasteiger partial charge in [-0.15, -0.1) is 0 Å². The molecule has 2 N–H and O–H groups in total. The Morgan fingerprint density at radius 3 is 2.71 bits per heavy atom. The molecule has 0 atom stereocenters. The van der Waals surface area contributed by atoms with Gasteiger partial charge in [-0.3, -0.25) is 9.69 Å². The molecule has 0 aromatic heterocycles. The minimum Gasteiger partial charge on any atom is -0.389 e. The Labute approximate surface area is 144 Å². The average molecular weight is 332 g/mol. The minimum absolute atomic E-state index is 0.0945. The zero-order valence-corrected chi connectivity index (χ0v) is 14.3. The second-order valence-electron chi connectivity index (χ2n) is 7.10. The standard InChI is InChI=1S/C19H28N2O3/c22-18(14-19(23)7-2-1-3-8-19)20-17-6-4-5-16(13-17)15-21-9-11-24-12-10-21/h4-6,13,23H,1-3,7-12,14-15H2,(H,20,22). The topological polar surface area (TPSA) is 61.8 Å². The van der Waals surface area contributed by atoms with Gasteiger partial charge in [-0.05, 0) is 30.5 Å². The van der Waals surface area contributed by atoms with Crippen LogP contribution < -0.4 is 5.32 Å². The number of rotatable bonds is 5. The predicted octanol–water partition coefficient (Wildman–Crippen LogP) is 2.54. The monoisotopic (exact) mass is 332 g/mol. The summed E-state index contributed by atoms with van der Waals surface area (Å²) in [6.07, 6.45) is 4.85. The van der Waals surface area contributed by atoms with Crippen molar-refractivity contribution in [1.29, 1.82) is 0 Å². The number of anilines is 1. The molecule has 3 rings (SSSR count). The van der Waals surface area contributed by atoms with E-state index in [0.717, 1.165) is 70.6 Å². The first-order valence-corrected chi connectivity index (χ1v) is 9.04. The first-order chi connectivity index (χ1) is 11.6. The number of hydrogen-bond acceptors (Lipinski definition) is 4. The highest BCUT2D eigenvalue weighted by atomic mass is 16.5. The van der Waals surface area contributed by atoms with Gasteiger partial charge in [0.2, 0.25) is 5.91 Å². The summed E-state index contributed by atoms with van der Waals surface area (Å²) in [6.45, 7) is 4.34. The summed E-state index contributed by atoms with van der Waals surface area (Å²) >= 11 is 0. The lowest BCUT2D eigenvalue weighted by Crippen LogP contribution is -2.36. The first kappa shape index (κ1) is 17.4. The summed E-state index contributed by atoms with van der Waals surface area (Å²) in [6, 6.07) is 7.99. The average Bonchev–Trinajstić information content (AvgIpc) is 2.56. The van der Waals surface area contributed by atoms with Gasteiger partial charge in [0, 0.05) is 25.3 Å². The molecular weight excluding hydrogens is 304 g/mol. The van der Waals surface area contributed by atoms with Crippen LogP contribution in [0.25, 0.3) is 0 Å². The van der Waals surface area contributed by atoms with E-state index >= 15 is 0 Å². The van der Waals surface area contributed by atoms with Crippen molar-refractivity contribution in [3.05, 3.63) is 29.8 Å². The van der Waals surface area contributed by atoms with Crippen LogP contribution in [0, 0.1) is 0 Å². The van der Waals surface area contributed by atoms with Crippen molar-refractivity contribution in [1.82, 2.24) is 4.90 Å². The second-order valence-corrected chi connectivity index (χ2v) is 7.10. The highest BCUT2D eigenvalue weighted by molar-refractivity contribution is 5.91. The lowest BCUT2D eigenvalue weighted by molar-refractivity contribution is -0.122. The molecule has 2 fully saturated rings. The lowest BCUT2D eigenvalue weighted by atomic mass is 9.82. The van der Waals surface area contributed by atoms with Gasteiger partial charge in [0.15, 0.2) is 0 Å². The van der Waals surface area contributed by atoms with E-state index in [1.807, 2.05) is 18.2 Å². The molecule has 1 aliphatic carbocycles. The van der Waals surface area contributed by atoms with Gasteiger partial charge in [0.05, 0.1) is 25.2 Å². The second kappa shape index (κ2) is 8.10. The van der Waals surface area contributed by atoms with Crippen molar-refractivity contribution in [2.45, 2.75) is 50.7 Å². The summed E-state index contributed by atoms with van der Waals surface area (Å²) in [5.74, 6) is -0.0945. The molecule has 24 heavy (non-hydrogen) atoms. The van der Waals surface area contributed by atoms with Crippen molar-refractivity contribution >= 4 is 11.6 Å². The maximum atomic E-state index is 12.3. The molecule has 5 heteroatoms. The molecule has 1 amide bonds. The van der Waals surface area contributed by atoms with Gasteiger partial charge in [-0.2, -0.15) is 0 Å². The van der Waals surface area contributed by atoms with E-state index in [0.29, 0.717) is 0 Å². The minimum atomic E-state index is -0.812. The third-order valence-corrected chi connectivity index (χ3v) is 4.99. The van der Waals surface area contributed by atoms with Crippen LogP contribution in [0.1, 0.15) is 44.1 Å². The fourth-order valence-electron chi connectivity index (χ4n) is 3.66. The molecular formula is C19H28N2O3. The summed E-state index contributed by atoms with van der Waals surface area (Å²) in [4.78, 5) is 14.6. The normalized spacial score (nSPS) is 21.4. The molecule has 5 nitrogen and oxygen atoms in total. The Morgan fingerprint density at radius 1 is 1.21 bits per heavy atom. The van der Waals surface area contributed by atoms with E-state index in [9.17, 15) is 9.90 Å². The number of nitrogens with zero attached hydrogens (tertiary/aromatic N) is 1. The van der Waals surface area contributed by atoms with Crippen molar-refractivity contribution in [3.8, 4) is 0 Å². The van der Waals surface area contributed by atoms with E-state index in [-0.39, 0.29) is 12.3 Å². The van der Waals surface area contributed by atoms with E-state index in [1.54, 1.807) is 0 Å². The summed E-state index contributed by atoms with van der Waals surface area (Å²) in [5.41, 5.74) is 1.18. The maximum Gasteiger partial charge on any atom is 0.227 e. The van der Waals surface area contributed by atoms with Gasteiger partial charge in [0.1, 0.15) is 0 Å². The van der Waals surface area contributed by atoms with E-state index < -0.39 is 5.60 Å². The Bertz CT molecular complexity index is 549. The largest absolute Gasteiger partial charge is 0.389 e. The van der Waals surface area contributed by atoms with Gasteiger partial charge in [0.25, 0.3) is 0 Å². The van der Waals surface area contributed by atoms with Gasteiger partial charge in [-0.1, -0.05) is 31.4 Å². The smallest absolute Gasteiger partial charge is 0.227 e. The molecule has 0 unspecified atom stereocenters. The van der Waals surface area contributed by atoms with Gasteiger partial charge < -0.3 is 15.2 Å². The molecule has 1 aromatic carbocycles. The molecule has 1 saturated heterocycles. The van der Waals surface area contributed by atoms with Crippen LogP contribution in [-0.4, -0.2) is 47.8 Å². The number of amides is 1. The van der Waals surface area contributed by atoms with E-state index in [2.05, 4.69) is 16.3 Å². The lowest BCUT2D eigenvalue weighted by Gasteiger charge is -2.31. The Hall–Kier alpha value is -1.43. The number of benzene rings is 1. The van der Waals surface area contributed by atoms with Crippen LogP contribution in [0.15, 0.2) is 24.3 Å². The van der Waals surface area contributed by atoms with E-state index in [1.165, 1.54) is 5.56 Å². The SMILES string of the molecule is O=C(CC1(O)CCCCC1)Nc1cccc(CN2CCOCC2)c1. The molecule has 1 saturated carbocycles. The van der Waals surface area contributed by atoms with Gasteiger partial charge >= 0.3 is 0 Å². The number of nitrogens with one attached hydrogen (secondary N) is 1. The van der Waals surface area contributed by atoms with E-state index in [4.69, 9.17) is 4.74 Å². The van der Waals surface area contributed by atoms with Crippen LogP contribution in [0.3, 0.4) is 0 Å². The van der Waals surface area contributed by atoms with Crippen molar-refractivity contribution < 1.29 is 14.6 Å². The zero-order valence-electron chi connectivity index (χ0n) is 14.3. The van der Waals surface area contributed by atoms with Crippen LogP contribution in [0.5, 0.6) is 0 Å². The van der Waals surface area contributed by atoms with Gasteiger partial charge in [-0.25, -0.2) is 0 Å². The van der Waals surface area contributed by atoms with Crippen molar-refractivity contribution in [2.24, 2.45) is 0 Å². The van der Waals surface area contributed by atoms with Crippen LogP contribution >= 0.6 is 0 Å². The number of aliphatic hydroxyl groups is 1. The Morgan fingerprint density at radius 2 is 1.96 bits per heavy atom. The van der Waals surface area contributed by atoms with Crippen LogP contribution in [-0.2, 0) is 16.1 Å². The Balaban J connectivity index is 1.54.